The maximum Gasteiger partial charge on any atom is 0.416 e. The van der Waals surface area contributed by atoms with E-state index >= 15 is 0 Å². The molecule has 1 aromatic heterocycles. The number of sulfonamides is 1. The van der Waals surface area contributed by atoms with E-state index in [-0.39, 0.29) is 15.9 Å². The van der Waals surface area contributed by atoms with Crippen LogP contribution in [0.4, 0.5) is 13.2 Å². The fraction of sp³-hybridized carbons (Fsp3) is 0.235. The molecule has 0 atom stereocenters. The van der Waals surface area contributed by atoms with Gasteiger partial charge in [-0.1, -0.05) is 30.0 Å². The van der Waals surface area contributed by atoms with Gasteiger partial charge in [0, 0.05) is 19.8 Å². The highest BCUT2D eigenvalue weighted by Crippen LogP contribution is 2.32. The van der Waals surface area contributed by atoms with Gasteiger partial charge in [0.15, 0.2) is 5.58 Å². The molecule has 0 saturated heterocycles. The van der Waals surface area contributed by atoms with E-state index in [0.717, 1.165) is 28.2 Å². The molecule has 0 radical (unpaired) electrons. The number of hydrogen-bond donors (Lipinski definition) is 0. The average molecular weight is 416 g/mol. The summed E-state index contributed by atoms with van der Waals surface area (Å²) in [5, 5.41) is 0.252. The number of rotatable bonds is 5. The molecule has 5 nitrogen and oxygen atoms in total. The van der Waals surface area contributed by atoms with E-state index in [9.17, 15) is 21.6 Å². The van der Waals surface area contributed by atoms with E-state index in [0.29, 0.717) is 16.7 Å². The van der Waals surface area contributed by atoms with Crippen molar-refractivity contribution in [1.29, 1.82) is 0 Å². The Hall–Kier alpha value is -2.04. The summed E-state index contributed by atoms with van der Waals surface area (Å²) in [6.45, 7) is 0. The molecule has 0 N–H and O–H groups in total. The van der Waals surface area contributed by atoms with Gasteiger partial charge in [-0.25, -0.2) is 17.7 Å². The Bertz CT molecular complexity index is 1080. The molecule has 0 amide bonds. The van der Waals surface area contributed by atoms with Gasteiger partial charge in [0.05, 0.1) is 10.5 Å². The number of hydrogen-bond acceptors (Lipinski definition) is 5. The minimum absolute atomic E-state index is 0.0859. The SMILES string of the molecule is CN(C)S(=O)(=O)c1ccc2oc(SCc3cccc(C(F)(F)F)c3)nc2c1. The minimum Gasteiger partial charge on any atom is -0.431 e. The molecule has 27 heavy (non-hydrogen) atoms. The first-order valence-corrected chi connectivity index (χ1v) is 10.1. The second kappa shape index (κ2) is 7.17. The Morgan fingerprint density at radius 2 is 1.89 bits per heavy atom. The lowest BCUT2D eigenvalue weighted by Gasteiger charge is -2.10. The minimum atomic E-state index is -4.40. The van der Waals surface area contributed by atoms with Crippen molar-refractivity contribution in [2.45, 2.75) is 22.0 Å². The fourth-order valence-electron chi connectivity index (χ4n) is 2.30. The van der Waals surface area contributed by atoms with Gasteiger partial charge in [-0.15, -0.1) is 0 Å². The normalized spacial score (nSPS) is 12.8. The van der Waals surface area contributed by atoms with Crippen LogP contribution in [0.25, 0.3) is 11.1 Å². The lowest BCUT2D eigenvalue weighted by atomic mass is 10.1. The monoisotopic (exact) mass is 416 g/mol. The van der Waals surface area contributed by atoms with Crippen molar-refractivity contribution >= 4 is 32.9 Å². The average Bonchev–Trinajstić information content (AvgIpc) is 3.01. The van der Waals surface area contributed by atoms with Crippen LogP contribution in [0.2, 0.25) is 0 Å². The van der Waals surface area contributed by atoms with Gasteiger partial charge in [-0.2, -0.15) is 13.2 Å². The highest BCUT2D eigenvalue weighted by Gasteiger charge is 2.30. The molecule has 0 bridgehead atoms. The smallest absolute Gasteiger partial charge is 0.416 e. The fourth-order valence-corrected chi connectivity index (χ4v) is 4.01. The Balaban J connectivity index is 1.81. The van der Waals surface area contributed by atoms with E-state index in [1.165, 1.54) is 38.4 Å². The van der Waals surface area contributed by atoms with Crippen LogP contribution in [0.5, 0.6) is 0 Å². The second-order valence-electron chi connectivity index (χ2n) is 5.88. The van der Waals surface area contributed by atoms with E-state index in [2.05, 4.69) is 4.98 Å². The van der Waals surface area contributed by atoms with Crippen molar-refractivity contribution in [3.05, 3.63) is 53.6 Å². The molecule has 0 aliphatic heterocycles. The number of aromatic nitrogens is 1. The van der Waals surface area contributed by atoms with Crippen LogP contribution in [-0.2, 0) is 22.0 Å². The molecule has 0 unspecified atom stereocenters. The molecule has 0 saturated carbocycles. The van der Waals surface area contributed by atoms with Crippen LogP contribution in [0.1, 0.15) is 11.1 Å². The second-order valence-corrected chi connectivity index (χ2v) is 8.96. The molecule has 0 fully saturated rings. The van der Waals surface area contributed by atoms with E-state index in [1.807, 2.05) is 0 Å². The third-order valence-corrected chi connectivity index (χ3v) is 6.44. The Morgan fingerprint density at radius 1 is 1.15 bits per heavy atom. The Labute approximate surface area is 158 Å². The van der Waals surface area contributed by atoms with Crippen LogP contribution in [0.15, 0.2) is 57.0 Å². The lowest BCUT2D eigenvalue weighted by molar-refractivity contribution is -0.137. The number of thioether (sulfide) groups is 1. The first-order valence-electron chi connectivity index (χ1n) is 7.69. The van der Waals surface area contributed by atoms with Gasteiger partial charge < -0.3 is 4.42 Å². The van der Waals surface area contributed by atoms with Crippen molar-refractivity contribution in [2.75, 3.05) is 14.1 Å². The summed E-state index contributed by atoms with van der Waals surface area (Å²) in [6, 6.07) is 9.37. The highest BCUT2D eigenvalue weighted by molar-refractivity contribution is 7.98. The molecule has 3 aromatic rings. The standard InChI is InChI=1S/C17H15F3N2O3S2/c1-22(2)27(23,24)13-6-7-15-14(9-13)21-16(25-15)26-10-11-4-3-5-12(8-11)17(18,19)20/h3-9H,10H2,1-2H3. The number of alkyl halides is 3. The van der Waals surface area contributed by atoms with Crippen molar-refractivity contribution in [3.63, 3.8) is 0 Å². The molecule has 3 rings (SSSR count). The zero-order valence-corrected chi connectivity index (χ0v) is 16.0. The number of oxazole rings is 1. The molecule has 1 heterocycles. The van der Waals surface area contributed by atoms with Gasteiger partial charge in [0.1, 0.15) is 5.52 Å². The molecular weight excluding hydrogens is 401 g/mol. The van der Waals surface area contributed by atoms with Gasteiger partial charge in [0.25, 0.3) is 5.22 Å². The summed E-state index contributed by atoms with van der Waals surface area (Å²) in [5.74, 6) is 0.236. The number of halogens is 3. The maximum absolute atomic E-state index is 12.8. The van der Waals surface area contributed by atoms with E-state index in [1.54, 1.807) is 6.07 Å². The molecular formula is C17H15F3N2O3S2. The van der Waals surface area contributed by atoms with Gasteiger partial charge in [-0.3, -0.25) is 0 Å². The molecule has 0 aliphatic carbocycles. The largest absolute Gasteiger partial charge is 0.431 e. The summed E-state index contributed by atoms with van der Waals surface area (Å²) in [7, 11) is -0.736. The number of fused-ring (bicyclic) bond motifs is 1. The van der Waals surface area contributed by atoms with Crippen LogP contribution >= 0.6 is 11.8 Å². The van der Waals surface area contributed by atoms with Gasteiger partial charge >= 0.3 is 6.18 Å². The summed E-state index contributed by atoms with van der Waals surface area (Å²) in [6.07, 6.45) is -4.40. The molecule has 0 aliphatic rings. The van der Waals surface area contributed by atoms with Gasteiger partial charge in [0.2, 0.25) is 10.0 Å². The van der Waals surface area contributed by atoms with Crippen molar-refractivity contribution in [1.82, 2.24) is 9.29 Å². The zero-order chi connectivity index (χ0) is 19.8. The van der Waals surface area contributed by atoms with Crippen molar-refractivity contribution < 1.29 is 26.0 Å². The number of nitrogens with zero attached hydrogens (tertiary/aromatic N) is 2. The van der Waals surface area contributed by atoms with Crippen LogP contribution in [0, 0.1) is 0 Å². The molecule has 10 heteroatoms. The molecule has 144 valence electrons. The first-order chi connectivity index (χ1) is 12.6. The van der Waals surface area contributed by atoms with Crippen molar-refractivity contribution in [3.8, 4) is 0 Å². The quantitative estimate of drug-likeness (QED) is 0.578. The predicted octanol–water partition coefficient (Wildman–Crippen LogP) is 4.39. The van der Waals surface area contributed by atoms with E-state index < -0.39 is 21.8 Å². The third-order valence-electron chi connectivity index (χ3n) is 3.73. The Morgan fingerprint density at radius 3 is 2.56 bits per heavy atom. The van der Waals surface area contributed by atoms with Crippen LogP contribution < -0.4 is 0 Å². The lowest BCUT2D eigenvalue weighted by Crippen LogP contribution is -2.22. The van der Waals surface area contributed by atoms with Crippen LogP contribution in [0.3, 0.4) is 0 Å². The van der Waals surface area contributed by atoms with Gasteiger partial charge in [-0.05, 0) is 29.8 Å². The van der Waals surface area contributed by atoms with Crippen LogP contribution in [-0.4, -0.2) is 31.8 Å². The summed E-state index contributed by atoms with van der Waals surface area (Å²) in [4.78, 5) is 4.31. The highest BCUT2D eigenvalue weighted by atomic mass is 32.2. The third kappa shape index (κ3) is 4.28. The van der Waals surface area contributed by atoms with E-state index in [4.69, 9.17) is 4.42 Å². The number of benzene rings is 2. The summed E-state index contributed by atoms with van der Waals surface area (Å²) >= 11 is 1.13. The zero-order valence-electron chi connectivity index (χ0n) is 14.3. The molecule has 0 spiro atoms. The topological polar surface area (TPSA) is 63.4 Å². The predicted molar refractivity (Wildman–Crippen MR) is 95.9 cm³/mol. The maximum atomic E-state index is 12.8. The molecule has 2 aromatic carbocycles. The summed E-state index contributed by atoms with van der Waals surface area (Å²) in [5.41, 5.74) is 0.536. The van der Waals surface area contributed by atoms with Crippen molar-refractivity contribution in [2.24, 2.45) is 0 Å². The summed E-state index contributed by atoms with van der Waals surface area (Å²) < 4.78 is 69.3. The Kier molecular flexibility index (Phi) is 5.24. The first kappa shape index (κ1) is 19.7.